The summed E-state index contributed by atoms with van der Waals surface area (Å²) in [5.74, 6) is 0.247. The first kappa shape index (κ1) is 14.4. The third kappa shape index (κ3) is 3.96. The molecular formula is C12H19N3O3. The van der Waals surface area contributed by atoms with Gasteiger partial charge in [0.1, 0.15) is 5.82 Å². The predicted octanol–water partition coefficient (Wildman–Crippen LogP) is 1.13. The summed E-state index contributed by atoms with van der Waals surface area (Å²) < 4.78 is 9.87. The molecule has 100 valence electrons. The van der Waals surface area contributed by atoms with E-state index >= 15 is 0 Å². The van der Waals surface area contributed by atoms with E-state index in [1.807, 2.05) is 18.7 Å². The summed E-state index contributed by atoms with van der Waals surface area (Å²) in [6.07, 6.45) is 2.99. The lowest BCUT2D eigenvalue weighted by Gasteiger charge is -2.21. The number of aromatic nitrogens is 2. The van der Waals surface area contributed by atoms with Crippen LogP contribution in [0.2, 0.25) is 0 Å². The Balaban J connectivity index is 2.66. The molecule has 0 bridgehead atoms. The van der Waals surface area contributed by atoms with Gasteiger partial charge < -0.3 is 14.4 Å². The highest BCUT2D eigenvalue weighted by atomic mass is 16.5. The number of methoxy groups -OCH3 is 1. The molecule has 1 heterocycles. The normalized spacial score (nSPS) is 10.2. The van der Waals surface area contributed by atoms with Gasteiger partial charge in [-0.15, -0.1) is 0 Å². The molecule has 0 aliphatic rings. The molecule has 1 aromatic heterocycles. The second kappa shape index (κ2) is 7.60. The van der Waals surface area contributed by atoms with Crippen molar-refractivity contribution < 1.29 is 14.3 Å². The molecule has 0 aliphatic heterocycles. The number of carbonyl (C=O) groups is 1. The van der Waals surface area contributed by atoms with Crippen molar-refractivity contribution in [2.45, 2.75) is 13.8 Å². The fourth-order valence-corrected chi connectivity index (χ4v) is 1.45. The number of anilines is 1. The molecule has 0 radical (unpaired) electrons. The number of hydrogen-bond donors (Lipinski definition) is 0. The molecule has 0 unspecified atom stereocenters. The van der Waals surface area contributed by atoms with Crippen LogP contribution in [-0.2, 0) is 9.47 Å². The predicted molar refractivity (Wildman–Crippen MR) is 67.8 cm³/mol. The molecule has 0 N–H and O–H groups in total. The molecule has 0 saturated heterocycles. The van der Waals surface area contributed by atoms with Crippen molar-refractivity contribution in [3.63, 3.8) is 0 Å². The Morgan fingerprint density at radius 3 is 2.61 bits per heavy atom. The summed E-state index contributed by atoms with van der Waals surface area (Å²) in [5.41, 5.74) is 0.210. The Morgan fingerprint density at radius 1 is 1.33 bits per heavy atom. The van der Waals surface area contributed by atoms with Crippen LogP contribution in [0.5, 0.6) is 0 Å². The SMILES string of the molecule is CCOCCN(CC)c1cnc(C(=O)OC)cn1. The largest absolute Gasteiger partial charge is 0.464 e. The van der Waals surface area contributed by atoms with Gasteiger partial charge in [0.2, 0.25) is 0 Å². The van der Waals surface area contributed by atoms with Crippen LogP contribution in [0.3, 0.4) is 0 Å². The maximum atomic E-state index is 11.2. The number of nitrogens with zero attached hydrogens (tertiary/aromatic N) is 3. The lowest BCUT2D eigenvalue weighted by molar-refractivity contribution is 0.0593. The van der Waals surface area contributed by atoms with Crippen LogP contribution in [-0.4, -0.2) is 49.4 Å². The maximum Gasteiger partial charge on any atom is 0.358 e. The van der Waals surface area contributed by atoms with E-state index in [9.17, 15) is 4.79 Å². The first-order valence-electron chi connectivity index (χ1n) is 5.96. The summed E-state index contributed by atoms with van der Waals surface area (Å²) in [4.78, 5) is 21.5. The zero-order valence-electron chi connectivity index (χ0n) is 11.0. The average Bonchev–Trinajstić information content (AvgIpc) is 2.43. The molecule has 0 aromatic carbocycles. The topological polar surface area (TPSA) is 64.5 Å². The van der Waals surface area contributed by atoms with Gasteiger partial charge in [-0.3, -0.25) is 0 Å². The van der Waals surface area contributed by atoms with E-state index in [1.165, 1.54) is 13.3 Å². The van der Waals surface area contributed by atoms with Crippen LogP contribution in [0.15, 0.2) is 12.4 Å². The molecule has 0 atom stereocenters. The number of rotatable bonds is 7. The molecule has 0 amide bonds. The fourth-order valence-electron chi connectivity index (χ4n) is 1.45. The van der Waals surface area contributed by atoms with E-state index in [0.29, 0.717) is 13.2 Å². The van der Waals surface area contributed by atoms with Gasteiger partial charge >= 0.3 is 5.97 Å². The van der Waals surface area contributed by atoms with Gasteiger partial charge in [0.15, 0.2) is 5.69 Å². The molecule has 1 rings (SSSR count). The highest BCUT2D eigenvalue weighted by molar-refractivity contribution is 5.86. The summed E-state index contributed by atoms with van der Waals surface area (Å²) in [5, 5.41) is 0. The molecule has 0 aliphatic carbocycles. The first-order chi connectivity index (χ1) is 8.72. The first-order valence-corrected chi connectivity index (χ1v) is 5.96. The van der Waals surface area contributed by atoms with Crippen molar-refractivity contribution in [1.82, 2.24) is 9.97 Å². The standard InChI is InChI=1S/C12H19N3O3/c1-4-15(6-7-18-5-2)11-9-13-10(8-14-11)12(16)17-3/h8-9H,4-7H2,1-3H3. The minimum atomic E-state index is -0.480. The number of hydrogen-bond acceptors (Lipinski definition) is 6. The van der Waals surface area contributed by atoms with E-state index in [4.69, 9.17) is 4.74 Å². The van der Waals surface area contributed by atoms with Gasteiger partial charge in [-0.05, 0) is 13.8 Å². The molecule has 0 saturated carbocycles. The summed E-state index contributed by atoms with van der Waals surface area (Å²) in [7, 11) is 1.32. The number of carbonyl (C=O) groups excluding carboxylic acids is 1. The average molecular weight is 253 g/mol. The van der Waals surface area contributed by atoms with Crippen molar-refractivity contribution >= 4 is 11.8 Å². The summed E-state index contributed by atoms with van der Waals surface area (Å²) >= 11 is 0. The second-order valence-electron chi connectivity index (χ2n) is 3.53. The molecule has 18 heavy (non-hydrogen) atoms. The quantitative estimate of drug-likeness (QED) is 0.536. The number of ether oxygens (including phenoxy) is 2. The van der Waals surface area contributed by atoms with Crippen LogP contribution in [0.4, 0.5) is 5.82 Å². The van der Waals surface area contributed by atoms with Crippen molar-refractivity contribution in [2.75, 3.05) is 38.3 Å². The Bertz CT molecular complexity index is 367. The minimum Gasteiger partial charge on any atom is -0.464 e. The van der Waals surface area contributed by atoms with Crippen LogP contribution >= 0.6 is 0 Å². The smallest absolute Gasteiger partial charge is 0.358 e. The van der Waals surface area contributed by atoms with Crippen molar-refractivity contribution in [3.05, 3.63) is 18.1 Å². The lowest BCUT2D eigenvalue weighted by Crippen LogP contribution is -2.28. The Hall–Kier alpha value is -1.69. The van der Waals surface area contributed by atoms with E-state index in [0.717, 1.165) is 18.9 Å². The van der Waals surface area contributed by atoms with Gasteiger partial charge in [-0.2, -0.15) is 0 Å². The lowest BCUT2D eigenvalue weighted by atomic mass is 10.4. The summed E-state index contributed by atoms with van der Waals surface area (Å²) in [6, 6.07) is 0. The third-order valence-corrected chi connectivity index (χ3v) is 2.45. The van der Waals surface area contributed by atoms with Crippen LogP contribution in [0.25, 0.3) is 0 Å². The molecule has 0 fully saturated rings. The second-order valence-corrected chi connectivity index (χ2v) is 3.53. The molecule has 0 spiro atoms. The summed E-state index contributed by atoms with van der Waals surface area (Å²) in [6.45, 7) is 6.88. The Morgan fingerprint density at radius 2 is 2.11 bits per heavy atom. The molecule has 1 aromatic rings. The van der Waals surface area contributed by atoms with Gasteiger partial charge in [0.05, 0.1) is 26.1 Å². The van der Waals surface area contributed by atoms with Gasteiger partial charge in [-0.1, -0.05) is 0 Å². The number of likely N-dealkylation sites (N-methyl/N-ethyl adjacent to an activating group) is 1. The van der Waals surface area contributed by atoms with Crippen molar-refractivity contribution in [1.29, 1.82) is 0 Å². The molecule has 6 nitrogen and oxygen atoms in total. The Kier molecular flexibility index (Phi) is 6.07. The zero-order valence-corrected chi connectivity index (χ0v) is 11.0. The molecular weight excluding hydrogens is 234 g/mol. The monoisotopic (exact) mass is 253 g/mol. The molecule has 6 heteroatoms. The van der Waals surface area contributed by atoms with Crippen molar-refractivity contribution in [2.24, 2.45) is 0 Å². The van der Waals surface area contributed by atoms with Gasteiger partial charge in [0, 0.05) is 19.7 Å². The van der Waals surface area contributed by atoms with Crippen LogP contribution < -0.4 is 4.90 Å². The third-order valence-electron chi connectivity index (χ3n) is 2.45. The van der Waals surface area contributed by atoms with E-state index in [1.54, 1.807) is 6.20 Å². The van der Waals surface area contributed by atoms with Crippen LogP contribution in [0.1, 0.15) is 24.3 Å². The van der Waals surface area contributed by atoms with E-state index in [-0.39, 0.29) is 5.69 Å². The van der Waals surface area contributed by atoms with E-state index < -0.39 is 5.97 Å². The van der Waals surface area contributed by atoms with Crippen molar-refractivity contribution in [3.8, 4) is 0 Å². The van der Waals surface area contributed by atoms with Crippen LogP contribution in [0, 0.1) is 0 Å². The highest BCUT2D eigenvalue weighted by Crippen LogP contribution is 2.08. The minimum absolute atomic E-state index is 0.210. The highest BCUT2D eigenvalue weighted by Gasteiger charge is 2.10. The van der Waals surface area contributed by atoms with E-state index in [2.05, 4.69) is 14.7 Å². The number of esters is 1. The van der Waals surface area contributed by atoms with Gasteiger partial charge in [-0.25, -0.2) is 14.8 Å². The maximum absolute atomic E-state index is 11.2. The fraction of sp³-hybridized carbons (Fsp3) is 0.583. The van der Waals surface area contributed by atoms with Gasteiger partial charge in [0.25, 0.3) is 0 Å². The zero-order chi connectivity index (χ0) is 13.4. The Labute approximate surface area is 107 Å².